The van der Waals surface area contributed by atoms with Crippen LogP contribution in [0.15, 0.2) is 36.5 Å². The van der Waals surface area contributed by atoms with E-state index >= 15 is 0 Å². The lowest BCUT2D eigenvalue weighted by Gasteiger charge is -2.34. The molecule has 2 aliphatic rings. The first-order valence-corrected chi connectivity index (χ1v) is 13.0. The van der Waals surface area contributed by atoms with Gasteiger partial charge in [-0.05, 0) is 101 Å². The topological polar surface area (TPSA) is 105 Å². The number of aromatic amines is 1. The number of hydrogen-bond donors (Lipinski definition) is 3. The van der Waals surface area contributed by atoms with E-state index in [0.29, 0.717) is 16.8 Å². The van der Waals surface area contributed by atoms with Crippen LogP contribution in [0.1, 0.15) is 80.3 Å². The molecule has 190 valence electrons. The van der Waals surface area contributed by atoms with Gasteiger partial charge in [0.05, 0.1) is 5.69 Å². The molecular formula is C28H36N6O2. The van der Waals surface area contributed by atoms with Crippen molar-refractivity contribution in [3.8, 4) is 11.1 Å². The molecule has 2 aliphatic carbocycles. The number of carbonyl (C=O) groups excluding carboxylic acids is 2. The van der Waals surface area contributed by atoms with Crippen LogP contribution in [0.25, 0.3) is 11.1 Å². The van der Waals surface area contributed by atoms with E-state index in [4.69, 9.17) is 0 Å². The average molecular weight is 489 g/mol. The van der Waals surface area contributed by atoms with Crippen molar-refractivity contribution in [1.29, 1.82) is 0 Å². The van der Waals surface area contributed by atoms with E-state index in [1.807, 2.05) is 52.0 Å². The van der Waals surface area contributed by atoms with Gasteiger partial charge in [0.2, 0.25) is 5.91 Å². The van der Waals surface area contributed by atoms with Crippen LogP contribution < -0.4 is 10.6 Å². The number of anilines is 1. The number of benzene rings is 1. The summed E-state index contributed by atoms with van der Waals surface area (Å²) in [6.45, 7) is 7.95. The van der Waals surface area contributed by atoms with Gasteiger partial charge in [-0.2, -0.15) is 10.2 Å². The van der Waals surface area contributed by atoms with E-state index in [1.165, 1.54) is 12.8 Å². The summed E-state index contributed by atoms with van der Waals surface area (Å²) in [7, 11) is 0. The first-order valence-electron chi connectivity index (χ1n) is 13.0. The van der Waals surface area contributed by atoms with E-state index in [2.05, 4.69) is 25.9 Å². The highest BCUT2D eigenvalue weighted by molar-refractivity contribution is 6.00. The molecule has 1 aromatic carbocycles. The van der Waals surface area contributed by atoms with Crippen molar-refractivity contribution in [1.82, 2.24) is 25.3 Å². The monoisotopic (exact) mass is 488 g/mol. The van der Waals surface area contributed by atoms with Crippen LogP contribution in [0, 0.1) is 25.2 Å². The maximum absolute atomic E-state index is 13.6. The van der Waals surface area contributed by atoms with Crippen LogP contribution in [0.5, 0.6) is 0 Å². The van der Waals surface area contributed by atoms with Gasteiger partial charge >= 0.3 is 0 Å². The molecule has 3 N–H and O–H groups in total. The van der Waals surface area contributed by atoms with Gasteiger partial charge in [-0.3, -0.25) is 19.4 Å². The van der Waals surface area contributed by atoms with Crippen molar-refractivity contribution in [3.63, 3.8) is 0 Å². The van der Waals surface area contributed by atoms with Crippen molar-refractivity contribution >= 4 is 17.5 Å². The number of carbonyl (C=O) groups is 2. The SMILES string of the molecule is Cc1n[nH]c(C)c1-c1ccc(NC(=O)C(NC(=O)c2ccnn2C(C)C)C2CCC3(CC2)CC3)cc1. The van der Waals surface area contributed by atoms with Gasteiger partial charge in [-0.1, -0.05) is 12.1 Å². The Labute approximate surface area is 212 Å². The van der Waals surface area contributed by atoms with E-state index in [9.17, 15) is 9.59 Å². The fourth-order valence-corrected chi connectivity index (χ4v) is 5.70. The third-order valence-electron chi connectivity index (χ3n) is 8.05. The maximum Gasteiger partial charge on any atom is 0.270 e. The normalized spacial score (nSPS) is 17.8. The molecule has 5 rings (SSSR count). The molecule has 2 saturated carbocycles. The standard InChI is InChI=1S/C28H36N6O2/c1-17(2)34-23(11-16-29-34)26(35)31-25(21-9-12-28(13-10-21)14-15-28)27(36)30-22-7-5-20(6-8-22)24-18(3)32-33-19(24)4/h5-8,11,16-17,21,25H,9-10,12-15H2,1-4H3,(H,30,36)(H,31,35)(H,32,33). The molecule has 3 aromatic rings. The molecule has 8 nitrogen and oxygen atoms in total. The lowest BCUT2D eigenvalue weighted by Crippen LogP contribution is -2.50. The minimum Gasteiger partial charge on any atom is -0.339 e. The highest BCUT2D eigenvalue weighted by Gasteiger charge is 2.47. The third-order valence-corrected chi connectivity index (χ3v) is 8.05. The van der Waals surface area contributed by atoms with Crippen LogP contribution >= 0.6 is 0 Å². The van der Waals surface area contributed by atoms with E-state index in [1.54, 1.807) is 16.9 Å². The van der Waals surface area contributed by atoms with Crippen LogP contribution in [-0.2, 0) is 4.79 Å². The van der Waals surface area contributed by atoms with Crippen LogP contribution in [0.3, 0.4) is 0 Å². The van der Waals surface area contributed by atoms with Gasteiger partial charge in [0, 0.05) is 29.2 Å². The Morgan fingerprint density at radius 2 is 1.75 bits per heavy atom. The second-order valence-electron chi connectivity index (χ2n) is 10.9. The minimum absolute atomic E-state index is 0.0541. The summed E-state index contributed by atoms with van der Waals surface area (Å²) in [4.78, 5) is 26.8. The quantitative estimate of drug-likeness (QED) is 0.426. The minimum atomic E-state index is -0.595. The number of amides is 2. The highest BCUT2D eigenvalue weighted by atomic mass is 16.2. The number of nitrogens with zero attached hydrogens (tertiary/aromatic N) is 3. The van der Waals surface area contributed by atoms with Gasteiger partial charge in [0.25, 0.3) is 5.91 Å². The Balaban J connectivity index is 1.33. The van der Waals surface area contributed by atoms with E-state index < -0.39 is 6.04 Å². The number of hydrogen-bond acceptors (Lipinski definition) is 4. The highest BCUT2D eigenvalue weighted by Crippen LogP contribution is 2.57. The molecule has 2 fully saturated rings. The second-order valence-corrected chi connectivity index (χ2v) is 10.9. The van der Waals surface area contributed by atoms with Crippen LogP contribution in [0.2, 0.25) is 0 Å². The van der Waals surface area contributed by atoms with Gasteiger partial charge in [0.15, 0.2) is 0 Å². The summed E-state index contributed by atoms with van der Waals surface area (Å²) >= 11 is 0. The molecule has 1 spiro atoms. The van der Waals surface area contributed by atoms with Gasteiger partial charge in [-0.25, -0.2) is 0 Å². The van der Waals surface area contributed by atoms with Gasteiger partial charge in [0.1, 0.15) is 11.7 Å². The number of aromatic nitrogens is 4. The number of aryl methyl sites for hydroxylation is 2. The zero-order valence-corrected chi connectivity index (χ0v) is 21.6. The van der Waals surface area contributed by atoms with Crippen molar-refractivity contribution in [2.24, 2.45) is 11.3 Å². The lowest BCUT2D eigenvalue weighted by atomic mass is 9.76. The predicted octanol–water partition coefficient (Wildman–Crippen LogP) is 5.18. The molecule has 0 bridgehead atoms. The first-order chi connectivity index (χ1) is 17.3. The van der Waals surface area contributed by atoms with Crippen molar-refractivity contribution in [2.45, 2.75) is 78.3 Å². The third kappa shape index (κ3) is 4.81. The van der Waals surface area contributed by atoms with Crippen molar-refractivity contribution in [3.05, 3.63) is 53.6 Å². The zero-order chi connectivity index (χ0) is 25.4. The average Bonchev–Trinajstić information content (AvgIpc) is 3.26. The Hall–Kier alpha value is -3.42. The van der Waals surface area contributed by atoms with Crippen molar-refractivity contribution < 1.29 is 9.59 Å². The second kappa shape index (κ2) is 9.56. The summed E-state index contributed by atoms with van der Waals surface area (Å²) in [5.41, 5.74) is 5.78. The van der Waals surface area contributed by atoms with Gasteiger partial charge < -0.3 is 10.6 Å². The maximum atomic E-state index is 13.6. The summed E-state index contributed by atoms with van der Waals surface area (Å²) in [6.07, 6.45) is 8.43. The van der Waals surface area contributed by atoms with Crippen LogP contribution in [-0.4, -0.2) is 37.8 Å². The number of nitrogens with one attached hydrogen (secondary N) is 3. The largest absolute Gasteiger partial charge is 0.339 e. The molecule has 36 heavy (non-hydrogen) atoms. The fraction of sp³-hybridized carbons (Fsp3) is 0.500. The molecule has 8 heteroatoms. The van der Waals surface area contributed by atoms with Crippen LogP contribution in [0.4, 0.5) is 5.69 Å². The molecule has 1 atom stereocenters. The van der Waals surface area contributed by atoms with E-state index in [-0.39, 0.29) is 23.8 Å². The Bertz CT molecular complexity index is 1220. The molecule has 1 unspecified atom stereocenters. The Kier molecular flexibility index (Phi) is 6.45. The van der Waals surface area contributed by atoms with E-state index in [0.717, 1.165) is 48.2 Å². The molecule has 2 aromatic heterocycles. The number of rotatable bonds is 7. The summed E-state index contributed by atoms with van der Waals surface area (Å²) in [5, 5.41) is 17.7. The smallest absolute Gasteiger partial charge is 0.270 e. The molecule has 0 saturated heterocycles. The molecular weight excluding hydrogens is 452 g/mol. The predicted molar refractivity (Wildman–Crippen MR) is 140 cm³/mol. The molecule has 0 aliphatic heterocycles. The summed E-state index contributed by atoms with van der Waals surface area (Å²) < 4.78 is 1.70. The lowest BCUT2D eigenvalue weighted by molar-refractivity contribution is -0.119. The fourth-order valence-electron chi connectivity index (χ4n) is 5.70. The molecule has 0 radical (unpaired) electrons. The molecule has 2 amide bonds. The summed E-state index contributed by atoms with van der Waals surface area (Å²) in [5.74, 6) is -0.306. The molecule has 2 heterocycles. The van der Waals surface area contributed by atoms with Gasteiger partial charge in [-0.15, -0.1) is 0 Å². The zero-order valence-electron chi connectivity index (χ0n) is 21.6. The first kappa shape index (κ1) is 24.3. The van der Waals surface area contributed by atoms with Crippen molar-refractivity contribution in [2.75, 3.05) is 5.32 Å². The number of H-pyrrole nitrogens is 1. The Morgan fingerprint density at radius 3 is 2.33 bits per heavy atom. The summed E-state index contributed by atoms with van der Waals surface area (Å²) in [6, 6.07) is 8.97. The Morgan fingerprint density at radius 1 is 1.06 bits per heavy atom.